The first-order valence-corrected chi connectivity index (χ1v) is 11.8. The fraction of sp³-hybridized carbons (Fsp3) is 0.320. The molecule has 1 atom stereocenters. The Labute approximate surface area is 213 Å². The average Bonchev–Trinajstić information content (AvgIpc) is 3.27. The van der Waals surface area contributed by atoms with Gasteiger partial charge in [0.1, 0.15) is 24.3 Å². The van der Waals surface area contributed by atoms with Crippen LogP contribution >= 0.6 is 11.6 Å². The van der Waals surface area contributed by atoms with E-state index in [1.807, 2.05) is 11.1 Å². The van der Waals surface area contributed by atoms with Gasteiger partial charge in [0.25, 0.3) is 5.56 Å². The molecule has 194 valence electrons. The highest BCUT2D eigenvalue weighted by atomic mass is 35.5. The number of anilines is 1. The molecule has 0 aliphatic carbocycles. The highest BCUT2D eigenvalue weighted by Crippen LogP contribution is 2.35. The third-order valence-corrected chi connectivity index (χ3v) is 6.56. The van der Waals surface area contributed by atoms with Crippen molar-refractivity contribution in [2.75, 3.05) is 24.6 Å². The van der Waals surface area contributed by atoms with E-state index in [4.69, 9.17) is 16.3 Å². The average molecular weight is 536 g/mol. The molecule has 7 nitrogen and oxygen atoms in total. The lowest BCUT2D eigenvalue weighted by Crippen LogP contribution is -2.38. The number of morpholine rings is 1. The zero-order valence-electron chi connectivity index (χ0n) is 19.9. The predicted octanol–water partition coefficient (Wildman–Crippen LogP) is 5.04. The van der Waals surface area contributed by atoms with E-state index in [1.165, 1.54) is 19.1 Å². The summed E-state index contributed by atoms with van der Waals surface area (Å²) in [5, 5.41) is 4.24. The first-order valence-electron chi connectivity index (χ1n) is 11.4. The minimum Gasteiger partial charge on any atom is -0.370 e. The Kier molecular flexibility index (Phi) is 6.45. The molecule has 2 aromatic heterocycles. The SMILES string of the molecule is Cc1nc2cc(N3CCO[C@@H](c4cnn(C)c4)C3)cc(-c3ccc(Cl)cc3F)c2c(=O)n1CC(F)(F)F. The molecule has 1 fully saturated rings. The highest BCUT2D eigenvalue weighted by Gasteiger charge is 2.31. The minimum absolute atomic E-state index is 0.0367. The van der Waals surface area contributed by atoms with Crippen molar-refractivity contribution in [2.24, 2.45) is 7.05 Å². The first-order chi connectivity index (χ1) is 17.5. The lowest BCUT2D eigenvalue weighted by Gasteiger charge is -2.34. The van der Waals surface area contributed by atoms with Crippen LogP contribution in [-0.2, 0) is 18.3 Å². The summed E-state index contributed by atoms with van der Waals surface area (Å²) >= 11 is 5.93. The lowest BCUT2D eigenvalue weighted by molar-refractivity contribution is -0.141. The van der Waals surface area contributed by atoms with Crippen LogP contribution in [0.1, 0.15) is 17.5 Å². The number of halogens is 5. The fourth-order valence-electron chi connectivity index (χ4n) is 4.60. The predicted molar refractivity (Wildman–Crippen MR) is 131 cm³/mol. The molecule has 1 aliphatic heterocycles. The number of aromatic nitrogens is 4. The normalized spacial score (nSPS) is 16.5. The van der Waals surface area contributed by atoms with Crippen molar-refractivity contribution in [2.45, 2.75) is 25.7 Å². The maximum Gasteiger partial charge on any atom is 0.406 e. The summed E-state index contributed by atoms with van der Waals surface area (Å²) in [6.07, 6.45) is -1.33. The largest absolute Gasteiger partial charge is 0.406 e. The van der Waals surface area contributed by atoms with E-state index in [1.54, 1.807) is 30.1 Å². The van der Waals surface area contributed by atoms with Crippen molar-refractivity contribution in [3.63, 3.8) is 0 Å². The van der Waals surface area contributed by atoms with Crippen LogP contribution in [0.4, 0.5) is 23.2 Å². The molecule has 5 rings (SSSR count). The minimum atomic E-state index is -4.63. The molecule has 0 spiro atoms. The molecule has 0 N–H and O–H groups in total. The quantitative estimate of drug-likeness (QED) is 0.343. The van der Waals surface area contributed by atoms with Crippen molar-refractivity contribution in [1.82, 2.24) is 19.3 Å². The van der Waals surface area contributed by atoms with Crippen LogP contribution in [0.15, 0.2) is 47.5 Å². The van der Waals surface area contributed by atoms with Crippen molar-refractivity contribution in [3.8, 4) is 11.1 Å². The molecule has 0 amide bonds. The topological polar surface area (TPSA) is 65.2 Å². The second-order valence-corrected chi connectivity index (χ2v) is 9.37. The van der Waals surface area contributed by atoms with Gasteiger partial charge in [-0.05, 0) is 37.3 Å². The van der Waals surface area contributed by atoms with Gasteiger partial charge in [0, 0.05) is 53.7 Å². The van der Waals surface area contributed by atoms with Gasteiger partial charge < -0.3 is 9.64 Å². The second-order valence-electron chi connectivity index (χ2n) is 8.93. The number of fused-ring (bicyclic) bond motifs is 1. The van der Waals surface area contributed by atoms with Crippen LogP contribution in [0.5, 0.6) is 0 Å². The number of benzene rings is 2. The summed E-state index contributed by atoms with van der Waals surface area (Å²) in [5.41, 5.74) is 0.974. The molecule has 4 aromatic rings. The van der Waals surface area contributed by atoms with E-state index in [-0.39, 0.29) is 39.0 Å². The molecule has 1 saturated heterocycles. The summed E-state index contributed by atoms with van der Waals surface area (Å²) in [4.78, 5) is 19.7. The standard InChI is InChI=1S/C25H22ClF4N5O2/c1-14-32-21-9-17(34-5-6-37-22(12-34)15-10-31-33(2)11-15)8-19(18-4-3-16(26)7-20(18)27)23(21)24(36)35(14)13-25(28,29)30/h3-4,7-11,22H,5-6,12-13H2,1-2H3/t22-/m1/s1. The Hall–Kier alpha value is -3.44. The van der Waals surface area contributed by atoms with Crippen LogP contribution < -0.4 is 10.5 Å². The van der Waals surface area contributed by atoms with E-state index in [0.717, 1.165) is 11.6 Å². The molecule has 37 heavy (non-hydrogen) atoms. The fourth-order valence-corrected chi connectivity index (χ4v) is 4.76. The Bertz CT molecular complexity index is 1550. The number of ether oxygens (including phenoxy) is 1. The van der Waals surface area contributed by atoms with Crippen molar-refractivity contribution < 1.29 is 22.3 Å². The highest BCUT2D eigenvalue weighted by molar-refractivity contribution is 6.30. The van der Waals surface area contributed by atoms with Gasteiger partial charge in [-0.1, -0.05) is 11.6 Å². The van der Waals surface area contributed by atoms with Crippen LogP contribution in [-0.4, -0.2) is 45.2 Å². The second kappa shape index (κ2) is 9.46. The summed E-state index contributed by atoms with van der Waals surface area (Å²) in [6, 6.07) is 7.21. The summed E-state index contributed by atoms with van der Waals surface area (Å²) in [6.45, 7) is 1.21. The molecule has 12 heteroatoms. The zero-order chi connectivity index (χ0) is 26.5. The third-order valence-electron chi connectivity index (χ3n) is 6.32. The maximum atomic E-state index is 15.1. The summed E-state index contributed by atoms with van der Waals surface area (Å²) in [5.74, 6) is -0.798. The molecule has 0 radical (unpaired) electrons. The van der Waals surface area contributed by atoms with Gasteiger partial charge in [0.15, 0.2) is 0 Å². The molecule has 0 unspecified atom stereocenters. The molecule has 0 saturated carbocycles. The van der Waals surface area contributed by atoms with E-state index in [9.17, 15) is 18.0 Å². The van der Waals surface area contributed by atoms with E-state index in [2.05, 4.69) is 10.1 Å². The molecule has 1 aliphatic rings. The molecule has 3 heterocycles. The number of hydrogen-bond donors (Lipinski definition) is 0. The van der Waals surface area contributed by atoms with Crippen LogP contribution in [0.2, 0.25) is 5.02 Å². The van der Waals surface area contributed by atoms with Crippen LogP contribution in [0, 0.1) is 12.7 Å². The Morgan fingerprint density at radius 1 is 1.19 bits per heavy atom. The number of hydrogen-bond acceptors (Lipinski definition) is 5. The molecular weight excluding hydrogens is 514 g/mol. The summed E-state index contributed by atoms with van der Waals surface area (Å²) in [7, 11) is 1.81. The maximum absolute atomic E-state index is 15.1. The number of aryl methyl sites for hydroxylation is 2. The van der Waals surface area contributed by atoms with Gasteiger partial charge >= 0.3 is 6.18 Å². The van der Waals surface area contributed by atoms with Crippen LogP contribution in [0.3, 0.4) is 0 Å². The van der Waals surface area contributed by atoms with E-state index in [0.29, 0.717) is 30.0 Å². The Balaban J connectivity index is 1.69. The zero-order valence-corrected chi connectivity index (χ0v) is 20.6. The lowest BCUT2D eigenvalue weighted by atomic mass is 9.99. The van der Waals surface area contributed by atoms with Gasteiger partial charge in [-0.2, -0.15) is 18.3 Å². The van der Waals surface area contributed by atoms with Crippen molar-refractivity contribution in [3.05, 3.63) is 75.3 Å². The molecular formula is C25H22ClF4N5O2. The molecule has 2 aromatic carbocycles. The van der Waals surface area contributed by atoms with E-state index >= 15 is 4.39 Å². The van der Waals surface area contributed by atoms with Gasteiger partial charge in [-0.15, -0.1) is 0 Å². The van der Waals surface area contributed by atoms with Gasteiger partial charge in [-0.3, -0.25) is 14.0 Å². The van der Waals surface area contributed by atoms with Crippen LogP contribution in [0.25, 0.3) is 22.0 Å². The van der Waals surface area contributed by atoms with Gasteiger partial charge in [0.05, 0.1) is 23.7 Å². The molecule has 0 bridgehead atoms. The Morgan fingerprint density at radius 2 is 1.97 bits per heavy atom. The smallest absolute Gasteiger partial charge is 0.370 e. The third kappa shape index (κ3) is 5.05. The number of nitrogens with zero attached hydrogens (tertiary/aromatic N) is 5. The van der Waals surface area contributed by atoms with Gasteiger partial charge in [-0.25, -0.2) is 9.37 Å². The Morgan fingerprint density at radius 3 is 2.65 bits per heavy atom. The summed E-state index contributed by atoms with van der Waals surface area (Å²) < 4.78 is 62.9. The first kappa shape index (κ1) is 25.2. The van der Waals surface area contributed by atoms with Crippen molar-refractivity contribution in [1.29, 1.82) is 0 Å². The van der Waals surface area contributed by atoms with Gasteiger partial charge in [0.2, 0.25) is 0 Å². The monoisotopic (exact) mass is 535 g/mol. The number of rotatable bonds is 4. The number of alkyl halides is 3. The van der Waals surface area contributed by atoms with Crippen molar-refractivity contribution >= 4 is 28.2 Å². The van der Waals surface area contributed by atoms with E-state index < -0.39 is 24.1 Å².